The van der Waals surface area contributed by atoms with Gasteiger partial charge in [0.25, 0.3) is 5.91 Å². The number of fused-ring (bicyclic) bond motifs is 1. The van der Waals surface area contributed by atoms with Crippen molar-refractivity contribution >= 4 is 28.5 Å². The van der Waals surface area contributed by atoms with Crippen LogP contribution in [0, 0.1) is 0 Å². The van der Waals surface area contributed by atoms with E-state index in [2.05, 4.69) is 20.8 Å². The standard InChI is InChI=1S/C26H25N5O4/c1-27-25(32)24-19-10-8-17(14-20(19)29-30-24)18-9-11-23(34-2)21(15-18)28-26(33)31-22(12-13-35-31)16-6-4-3-5-7-16/h3-11,14-15,22H,12-13H2,1-2H3,(H,27,32)(H,28,33)(H,29,30). The average molecular weight is 472 g/mol. The highest BCUT2D eigenvalue weighted by molar-refractivity contribution is 6.05. The Morgan fingerprint density at radius 2 is 1.86 bits per heavy atom. The highest BCUT2D eigenvalue weighted by Crippen LogP contribution is 2.35. The number of aromatic nitrogens is 2. The molecule has 5 rings (SSSR count). The predicted molar refractivity (Wildman–Crippen MR) is 132 cm³/mol. The number of nitrogens with zero attached hydrogens (tertiary/aromatic N) is 2. The van der Waals surface area contributed by atoms with Crippen LogP contribution in [-0.2, 0) is 4.84 Å². The number of anilines is 1. The summed E-state index contributed by atoms with van der Waals surface area (Å²) in [5.41, 5.74) is 4.37. The van der Waals surface area contributed by atoms with Crippen molar-refractivity contribution in [3.8, 4) is 16.9 Å². The molecule has 1 aliphatic rings. The zero-order chi connectivity index (χ0) is 24.4. The van der Waals surface area contributed by atoms with E-state index in [-0.39, 0.29) is 18.0 Å². The van der Waals surface area contributed by atoms with Crippen molar-refractivity contribution in [2.24, 2.45) is 0 Å². The molecule has 0 aliphatic carbocycles. The van der Waals surface area contributed by atoms with Crippen LogP contribution < -0.4 is 15.4 Å². The van der Waals surface area contributed by atoms with Crippen LogP contribution in [0.5, 0.6) is 5.75 Å². The number of hydroxylamine groups is 2. The second kappa shape index (κ2) is 9.47. The van der Waals surface area contributed by atoms with Crippen LogP contribution in [0.4, 0.5) is 10.5 Å². The molecule has 1 saturated heterocycles. The Labute approximate surface area is 202 Å². The minimum atomic E-state index is -0.369. The highest BCUT2D eigenvalue weighted by atomic mass is 16.7. The predicted octanol–water partition coefficient (Wildman–Crippen LogP) is 4.51. The Kier molecular flexibility index (Phi) is 6.07. The monoisotopic (exact) mass is 471 g/mol. The minimum absolute atomic E-state index is 0.164. The SMILES string of the molecule is CNC(=O)c1n[nH]c2cc(-c3ccc(OC)c(NC(=O)N4OCCC4c4ccccc4)c3)ccc12. The Hall–Kier alpha value is -4.37. The first-order chi connectivity index (χ1) is 17.1. The number of nitrogens with one attached hydrogen (secondary N) is 3. The van der Waals surface area contributed by atoms with E-state index < -0.39 is 0 Å². The van der Waals surface area contributed by atoms with Gasteiger partial charge in [-0.3, -0.25) is 14.7 Å². The van der Waals surface area contributed by atoms with E-state index in [4.69, 9.17) is 9.57 Å². The number of rotatable bonds is 5. The van der Waals surface area contributed by atoms with E-state index >= 15 is 0 Å². The second-order valence-corrected chi connectivity index (χ2v) is 8.13. The summed E-state index contributed by atoms with van der Waals surface area (Å²) in [5, 5.41) is 14.7. The van der Waals surface area contributed by atoms with Gasteiger partial charge >= 0.3 is 6.03 Å². The number of methoxy groups -OCH3 is 1. The van der Waals surface area contributed by atoms with E-state index in [1.165, 1.54) is 5.06 Å². The quantitative estimate of drug-likeness (QED) is 0.397. The number of aromatic amines is 1. The third kappa shape index (κ3) is 4.29. The summed E-state index contributed by atoms with van der Waals surface area (Å²) in [6, 6.07) is 20.5. The van der Waals surface area contributed by atoms with Crippen LogP contribution >= 0.6 is 0 Å². The van der Waals surface area contributed by atoms with E-state index in [1.54, 1.807) is 20.2 Å². The summed E-state index contributed by atoms with van der Waals surface area (Å²) in [7, 11) is 3.13. The van der Waals surface area contributed by atoms with E-state index in [1.807, 2.05) is 60.7 Å². The first-order valence-corrected chi connectivity index (χ1v) is 11.3. The van der Waals surface area contributed by atoms with Crippen LogP contribution in [0.3, 0.4) is 0 Å². The fraction of sp³-hybridized carbons (Fsp3) is 0.192. The van der Waals surface area contributed by atoms with Crippen LogP contribution in [0.1, 0.15) is 28.5 Å². The summed E-state index contributed by atoms with van der Waals surface area (Å²) >= 11 is 0. The highest BCUT2D eigenvalue weighted by Gasteiger charge is 2.32. The Morgan fingerprint density at radius 3 is 2.63 bits per heavy atom. The molecule has 1 aliphatic heterocycles. The molecule has 1 fully saturated rings. The minimum Gasteiger partial charge on any atom is -0.495 e. The largest absolute Gasteiger partial charge is 0.495 e. The average Bonchev–Trinajstić information content (AvgIpc) is 3.56. The van der Waals surface area contributed by atoms with Crippen molar-refractivity contribution in [1.82, 2.24) is 20.6 Å². The molecule has 0 saturated carbocycles. The van der Waals surface area contributed by atoms with Crippen molar-refractivity contribution in [2.75, 3.05) is 26.1 Å². The molecule has 178 valence electrons. The van der Waals surface area contributed by atoms with Gasteiger partial charge in [0.15, 0.2) is 5.69 Å². The molecule has 0 radical (unpaired) electrons. The first kappa shape index (κ1) is 22.4. The molecule has 3 aromatic carbocycles. The fourth-order valence-corrected chi connectivity index (χ4v) is 4.29. The number of urea groups is 1. The third-order valence-electron chi connectivity index (χ3n) is 6.07. The molecule has 2 heterocycles. The van der Waals surface area contributed by atoms with Gasteiger partial charge in [-0.25, -0.2) is 4.79 Å². The maximum atomic E-state index is 13.2. The lowest BCUT2D eigenvalue weighted by Crippen LogP contribution is -2.33. The number of carbonyl (C=O) groups excluding carboxylic acids is 2. The fourth-order valence-electron chi connectivity index (χ4n) is 4.29. The molecule has 1 atom stereocenters. The molecular weight excluding hydrogens is 446 g/mol. The summed E-state index contributed by atoms with van der Waals surface area (Å²) in [4.78, 5) is 30.8. The molecule has 3 N–H and O–H groups in total. The molecular formula is C26H25N5O4. The number of amides is 3. The zero-order valence-corrected chi connectivity index (χ0v) is 19.4. The molecule has 0 bridgehead atoms. The molecule has 0 spiro atoms. The van der Waals surface area contributed by atoms with Crippen LogP contribution in [0.2, 0.25) is 0 Å². The Balaban J connectivity index is 1.42. The van der Waals surface area contributed by atoms with Gasteiger partial charge in [0.05, 0.1) is 31.0 Å². The van der Waals surface area contributed by atoms with Gasteiger partial charge in [0.2, 0.25) is 0 Å². The van der Waals surface area contributed by atoms with Crippen molar-refractivity contribution in [2.45, 2.75) is 12.5 Å². The number of hydrogen-bond donors (Lipinski definition) is 3. The molecule has 9 nitrogen and oxygen atoms in total. The van der Waals surface area contributed by atoms with Crippen molar-refractivity contribution in [3.63, 3.8) is 0 Å². The molecule has 4 aromatic rings. The van der Waals surface area contributed by atoms with Crippen molar-refractivity contribution in [3.05, 3.63) is 78.0 Å². The summed E-state index contributed by atoms with van der Waals surface area (Å²) in [6.45, 7) is 0.465. The van der Waals surface area contributed by atoms with Crippen molar-refractivity contribution < 1.29 is 19.2 Å². The topological polar surface area (TPSA) is 109 Å². The zero-order valence-electron chi connectivity index (χ0n) is 19.4. The smallest absolute Gasteiger partial charge is 0.346 e. The van der Waals surface area contributed by atoms with Gasteiger partial charge in [0.1, 0.15) is 5.75 Å². The molecule has 1 unspecified atom stereocenters. The van der Waals surface area contributed by atoms with Gasteiger partial charge in [-0.2, -0.15) is 10.2 Å². The lowest BCUT2D eigenvalue weighted by Gasteiger charge is -2.23. The van der Waals surface area contributed by atoms with Crippen LogP contribution in [0.15, 0.2) is 66.7 Å². The van der Waals surface area contributed by atoms with Gasteiger partial charge in [-0.15, -0.1) is 0 Å². The maximum absolute atomic E-state index is 13.2. The number of ether oxygens (including phenoxy) is 1. The van der Waals surface area contributed by atoms with Crippen LogP contribution in [-0.4, -0.2) is 48.0 Å². The van der Waals surface area contributed by atoms with Gasteiger partial charge in [-0.05, 0) is 41.0 Å². The summed E-state index contributed by atoms with van der Waals surface area (Å²) < 4.78 is 5.49. The van der Waals surface area contributed by atoms with E-state index in [9.17, 15) is 9.59 Å². The van der Waals surface area contributed by atoms with E-state index in [0.717, 1.165) is 34.0 Å². The number of benzene rings is 3. The molecule has 35 heavy (non-hydrogen) atoms. The lowest BCUT2D eigenvalue weighted by molar-refractivity contribution is -0.0829. The third-order valence-corrected chi connectivity index (χ3v) is 6.07. The molecule has 9 heteroatoms. The normalized spacial score (nSPS) is 15.3. The lowest BCUT2D eigenvalue weighted by atomic mass is 10.0. The Morgan fingerprint density at radius 1 is 1.09 bits per heavy atom. The molecule has 3 amide bonds. The van der Waals surface area contributed by atoms with Gasteiger partial charge in [0, 0.05) is 18.9 Å². The van der Waals surface area contributed by atoms with E-state index in [0.29, 0.717) is 23.7 Å². The number of H-pyrrole nitrogens is 1. The summed E-state index contributed by atoms with van der Waals surface area (Å²) in [5.74, 6) is 0.276. The van der Waals surface area contributed by atoms with Crippen molar-refractivity contribution in [1.29, 1.82) is 0 Å². The number of hydrogen-bond acceptors (Lipinski definition) is 5. The van der Waals surface area contributed by atoms with Gasteiger partial charge < -0.3 is 15.4 Å². The number of carbonyl (C=O) groups is 2. The summed E-state index contributed by atoms with van der Waals surface area (Å²) in [6.07, 6.45) is 0.719. The van der Waals surface area contributed by atoms with Crippen LogP contribution in [0.25, 0.3) is 22.0 Å². The molecule has 1 aromatic heterocycles. The second-order valence-electron chi connectivity index (χ2n) is 8.13. The van der Waals surface area contributed by atoms with Gasteiger partial charge in [-0.1, -0.05) is 42.5 Å². The first-order valence-electron chi connectivity index (χ1n) is 11.3. The maximum Gasteiger partial charge on any atom is 0.346 e. The Bertz CT molecular complexity index is 1390.